The Morgan fingerprint density at radius 3 is 0.750 bits per heavy atom. The second-order valence-corrected chi connectivity index (χ2v) is 0. The first-order valence-corrected chi connectivity index (χ1v) is 0. The van der Waals surface area contributed by atoms with Crippen molar-refractivity contribution in [2.75, 3.05) is 0 Å². The van der Waals surface area contributed by atoms with Gasteiger partial charge in [0.2, 0.25) is 0 Å². The van der Waals surface area contributed by atoms with E-state index in [1.807, 2.05) is 0 Å². The van der Waals surface area contributed by atoms with Gasteiger partial charge in [-0.05, 0) is 0 Å². The van der Waals surface area contributed by atoms with Crippen molar-refractivity contribution in [3.05, 3.63) is 0 Å². The Morgan fingerprint density at radius 2 is 0.750 bits per heavy atom. The largest absolute Gasteiger partial charge is 1.00 e. The normalized spacial score (nSPS) is 0. The van der Waals surface area contributed by atoms with Crippen LogP contribution in [0.15, 0.2) is 0 Å². The summed E-state index contributed by atoms with van der Waals surface area (Å²) in [6.07, 6.45) is 0. The van der Waals surface area contributed by atoms with Crippen LogP contribution in [-0.4, -0.2) is 0 Å². The fraction of sp³-hybridized carbons (Fsp3) is 0. The Balaban J connectivity index is 0. The van der Waals surface area contributed by atoms with Gasteiger partial charge in [0.15, 0.2) is 0 Å². The summed E-state index contributed by atoms with van der Waals surface area (Å²) in [4.78, 5) is 0. The molecule has 0 nitrogen and oxygen atoms in total. The van der Waals surface area contributed by atoms with Crippen LogP contribution in [0.25, 0.3) is 0 Å². The summed E-state index contributed by atoms with van der Waals surface area (Å²) in [5, 5.41) is 0. The zero-order valence-electron chi connectivity index (χ0n) is 6.33. The minimum atomic E-state index is 0. The van der Waals surface area contributed by atoms with Gasteiger partial charge in [0, 0.05) is 20.1 Å². The smallest absolute Gasteiger partial charge is 1.00 e. The minimum absolute atomic E-state index is 0. The predicted octanol–water partition coefficient (Wildman–Crippen LogP) is -8.65. The third-order valence-corrected chi connectivity index (χ3v) is 0. The van der Waals surface area contributed by atoms with Crippen LogP contribution in [0, 0.1) is 0 Å². The molecule has 0 bridgehead atoms. The second kappa shape index (κ2) is 15.9. The molecule has 0 fully saturated rings. The summed E-state index contributed by atoms with van der Waals surface area (Å²) in [7, 11) is 0. The second-order valence-electron chi connectivity index (χ2n) is 0. The van der Waals surface area contributed by atoms with E-state index in [1.54, 1.807) is 0 Å². The molecule has 4 heteroatoms. The van der Waals surface area contributed by atoms with Gasteiger partial charge in [-0.3, -0.25) is 0 Å². The SMILES string of the molecule is [H-].[H-].[H-].[Ir].[Na+].[Na+].[Na+]. The molecular weight excluding hydrogens is 261 g/mol. The van der Waals surface area contributed by atoms with Gasteiger partial charge in [-0.25, -0.2) is 0 Å². The Hall–Kier alpha value is 3.65. The Labute approximate surface area is 111 Å². The fourth-order valence-electron chi connectivity index (χ4n) is 0. The third-order valence-electron chi connectivity index (χ3n) is 0. The van der Waals surface area contributed by atoms with Crippen molar-refractivity contribution >= 4 is 0 Å². The van der Waals surface area contributed by atoms with Crippen LogP contribution in [0.4, 0.5) is 0 Å². The molecule has 0 aliphatic rings. The van der Waals surface area contributed by atoms with Crippen LogP contribution in [0.3, 0.4) is 0 Å². The van der Waals surface area contributed by atoms with Gasteiger partial charge in [0.05, 0.1) is 0 Å². The third kappa shape index (κ3) is 9.17. The molecule has 15 valence electrons. The van der Waals surface area contributed by atoms with Crippen molar-refractivity contribution in [3.63, 3.8) is 0 Å². The zero-order valence-corrected chi connectivity index (χ0v) is 11.7. The molecule has 0 unspecified atom stereocenters. The topological polar surface area (TPSA) is 0 Å². The molecule has 0 aromatic heterocycles. The Bertz CT molecular complexity index is 10.1. The molecule has 0 heterocycles. The predicted molar refractivity (Wildman–Crippen MR) is 3.34 cm³/mol. The monoisotopic (exact) mass is 265 g/mol. The van der Waals surface area contributed by atoms with Crippen LogP contribution in [0.1, 0.15) is 4.28 Å². The van der Waals surface area contributed by atoms with Crippen molar-refractivity contribution in [2.45, 2.75) is 0 Å². The molecule has 0 saturated heterocycles. The van der Waals surface area contributed by atoms with Crippen molar-refractivity contribution in [2.24, 2.45) is 0 Å². The molecule has 0 rings (SSSR count). The van der Waals surface area contributed by atoms with Gasteiger partial charge in [0.1, 0.15) is 0 Å². The molecule has 0 atom stereocenters. The average molecular weight is 264 g/mol. The summed E-state index contributed by atoms with van der Waals surface area (Å²) in [5.74, 6) is 0. The van der Waals surface area contributed by atoms with E-state index < -0.39 is 0 Å². The van der Waals surface area contributed by atoms with Crippen molar-refractivity contribution in [1.29, 1.82) is 0 Å². The van der Waals surface area contributed by atoms with Crippen molar-refractivity contribution in [1.82, 2.24) is 0 Å². The molecule has 0 aliphatic heterocycles. The molecule has 1 radical (unpaired) electrons. The number of hydrogen-bond donors (Lipinski definition) is 0. The number of rotatable bonds is 0. The minimum Gasteiger partial charge on any atom is -1.00 e. The molecular formula is H3IrNa3. The van der Waals surface area contributed by atoms with Crippen LogP contribution < -0.4 is 88.7 Å². The summed E-state index contributed by atoms with van der Waals surface area (Å²) < 4.78 is 0. The van der Waals surface area contributed by atoms with Gasteiger partial charge >= 0.3 is 88.7 Å². The van der Waals surface area contributed by atoms with Crippen molar-refractivity contribution < 1.29 is 113 Å². The average Bonchev–Trinajstić information content (AvgIpc) is 0. The maximum Gasteiger partial charge on any atom is 1.00 e. The van der Waals surface area contributed by atoms with Gasteiger partial charge in [-0.15, -0.1) is 0 Å². The van der Waals surface area contributed by atoms with Crippen molar-refractivity contribution in [3.8, 4) is 0 Å². The zero-order chi connectivity index (χ0) is 0. The van der Waals surface area contributed by atoms with Gasteiger partial charge in [-0.1, -0.05) is 0 Å². The molecule has 0 N–H and O–H groups in total. The van der Waals surface area contributed by atoms with E-state index in [0.29, 0.717) is 0 Å². The quantitative estimate of drug-likeness (QED) is 0.381. The van der Waals surface area contributed by atoms with Gasteiger partial charge < -0.3 is 4.28 Å². The van der Waals surface area contributed by atoms with E-state index in [9.17, 15) is 0 Å². The number of hydrogen-bond acceptors (Lipinski definition) is 0. The summed E-state index contributed by atoms with van der Waals surface area (Å²) in [5.41, 5.74) is 0. The first kappa shape index (κ1) is 25.4. The van der Waals surface area contributed by atoms with E-state index in [4.69, 9.17) is 0 Å². The molecule has 0 aliphatic carbocycles. The van der Waals surface area contributed by atoms with E-state index in [2.05, 4.69) is 0 Å². The first-order valence-electron chi connectivity index (χ1n) is 0. The van der Waals surface area contributed by atoms with Crippen LogP contribution in [0.2, 0.25) is 0 Å². The van der Waals surface area contributed by atoms with Gasteiger partial charge in [-0.2, -0.15) is 0 Å². The van der Waals surface area contributed by atoms with E-state index in [0.717, 1.165) is 0 Å². The Morgan fingerprint density at radius 1 is 0.750 bits per heavy atom. The van der Waals surface area contributed by atoms with Gasteiger partial charge in [0.25, 0.3) is 0 Å². The molecule has 0 aromatic carbocycles. The molecule has 0 aromatic rings. The maximum atomic E-state index is 0. The standard InChI is InChI=1S/Ir.3Na.3H/q;3*+1;3*-1. The first-order chi connectivity index (χ1) is 0. The summed E-state index contributed by atoms with van der Waals surface area (Å²) in [6, 6.07) is 0. The van der Waals surface area contributed by atoms with Crippen LogP contribution >= 0.6 is 0 Å². The van der Waals surface area contributed by atoms with Crippen LogP contribution in [-0.2, 0) is 20.1 Å². The van der Waals surface area contributed by atoms with E-state index in [1.165, 1.54) is 0 Å². The summed E-state index contributed by atoms with van der Waals surface area (Å²) in [6.45, 7) is 0. The Kier molecular flexibility index (Phi) is 101. The maximum absolute atomic E-state index is 0. The molecule has 0 saturated carbocycles. The molecule has 0 amide bonds. The molecule has 4 heavy (non-hydrogen) atoms. The molecule has 0 spiro atoms. The van der Waals surface area contributed by atoms with E-state index >= 15 is 0 Å². The fourth-order valence-corrected chi connectivity index (χ4v) is 0. The van der Waals surface area contributed by atoms with E-state index in [-0.39, 0.29) is 113 Å². The van der Waals surface area contributed by atoms with Crippen LogP contribution in [0.5, 0.6) is 0 Å². The summed E-state index contributed by atoms with van der Waals surface area (Å²) >= 11 is 0.